The molecule has 0 saturated heterocycles. The predicted molar refractivity (Wildman–Crippen MR) is 114 cm³/mol. The summed E-state index contributed by atoms with van der Waals surface area (Å²) >= 11 is 0. The second-order valence-electron chi connectivity index (χ2n) is 8.12. The van der Waals surface area contributed by atoms with Crippen molar-refractivity contribution in [2.45, 2.75) is 78.7 Å². The molecular weight excluding hydrogens is 316 g/mol. The molecule has 142 valence electrons. The quantitative estimate of drug-likeness (QED) is 0.366. The molecule has 0 bridgehead atoms. The van der Waals surface area contributed by atoms with E-state index in [1.165, 1.54) is 55.2 Å². The van der Waals surface area contributed by atoms with Crippen LogP contribution in [0.1, 0.15) is 75.5 Å². The van der Waals surface area contributed by atoms with Gasteiger partial charge in [0.2, 0.25) is 0 Å². The molecule has 0 aliphatic heterocycles. The fraction of sp³-hybridized carbons (Fsp3) is 0.542. The second kappa shape index (κ2) is 10.4. The van der Waals surface area contributed by atoms with Crippen LogP contribution in [0.15, 0.2) is 42.1 Å². The SMILES string of the molecule is C=C(C)CCC(=N)/C=C(/C)NCc1cc(C)ccc1CCC1CCCC1. The van der Waals surface area contributed by atoms with E-state index in [1.807, 2.05) is 13.0 Å². The van der Waals surface area contributed by atoms with Gasteiger partial charge in [0, 0.05) is 18.0 Å². The van der Waals surface area contributed by atoms with Crippen molar-refractivity contribution in [1.29, 1.82) is 5.41 Å². The number of hydrogen-bond acceptors (Lipinski definition) is 2. The molecule has 0 aromatic heterocycles. The van der Waals surface area contributed by atoms with Gasteiger partial charge in [-0.2, -0.15) is 0 Å². The first-order valence-corrected chi connectivity index (χ1v) is 10.2. The average Bonchev–Trinajstić information content (AvgIpc) is 3.11. The van der Waals surface area contributed by atoms with Crippen LogP contribution in [0.2, 0.25) is 0 Å². The van der Waals surface area contributed by atoms with Crippen molar-refractivity contribution >= 4 is 5.71 Å². The van der Waals surface area contributed by atoms with E-state index < -0.39 is 0 Å². The molecule has 0 atom stereocenters. The molecule has 0 heterocycles. The lowest BCUT2D eigenvalue weighted by atomic mass is 9.94. The smallest absolute Gasteiger partial charge is 0.0400 e. The number of aryl methyl sites for hydroxylation is 2. The minimum Gasteiger partial charge on any atom is -0.384 e. The monoisotopic (exact) mass is 352 g/mol. The highest BCUT2D eigenvalue weighted by atomic mass is 14.9. The molecule has 1 aliphatic carbocycles. The van der Waals surface area contributed by atoms with Crippen LogP contribution < -0.4 is 5.32 Å². The van der Waals surface area contributed by atoms with Gasteiger partial charge in [-0.1, -0.05) is 55.0 Å². The summed E-state index contributed by atoms with van der Waals surface area (Å²) in [6.45, 7) is 11.0. The summed E-state index contributed by atoms with van der Waals surface area (Å²) in [5.74, 6) is 0.938. The molecule has 2 nitrogen and oxygen atoms in total. The molecule has 0 unspecified atom stereocenters. The van der Waals surface area contributed by atoms with E-state index >= 15 is 0 Å². The Morgan fingerprint density at radius 3 is 2.62 bits per heavy atom. The van der Waals surface area contributed by atoms with Crippen molar-refractivity contribution in [3.05, 3.63) is 58.8 Å². The molecule has 2 heteroatoms. The van der Waals surface area contributed by atoms with Crippen LogP contribution in [0.3, 0.4) is 0 Å². The Hall–Kier alpha value is -1.83. The molecule has 1 aromatic rings. The zero-order chi connectivity index (χ0) is 18.9. The minimum atomic E-state index is 0.670. The van der Waals surface area contributed by atoms with Crippen molar-refractivity contribution < 1.29 is 0 Å². The molecule has 0 spiro atoms. The van der Waals surface area contributed by atoms with E-state index in [2.05, 4.69) is 43.9 Å². The molecule has 1 saturated carbocycles. The molecule has 2 rings (SSSR count). The summed E-state index contributed by atoms with van der Waals surface area (Å²) in [4.78, 5) is 0. The van der Waals surface area contributed by atoms with Crippen LogP contribution in [0.4, 0.5) is 0 Å². The van der Waals surface area contributed by atoms with Crippen LogP contribution in [0.25, 0.3) is 0 Å². The molecule has 1 aromatic carbocycles. The van der Waals surface area contributed by atoms with Crippen molar-refractivity contribution in [3.63, 3.8) is 0 Å². The molecule has 0 radical (unpaired) electrons. The maximum absolute atomic E-state index is 8.08. The third-order valence-electron chi connectivity index (χ3n) is 5.43. The zero-order valence-corrected chi connectivity index (χ0v) is 17.0. The molecule has 1 aliphatic rings. The Bertz CT molecular complexity index is 648. The lowest BCUT2D eigenvalue weighted by Gasteiger charge is -2.15. The summed E-state index contributed by atoms with van der Waals surface area (Å²) in [7, 11) is 0. The van der Waals surface area contributed by atoms with Crippen molar-refractivity contribution in [1.82, 2.24) is 5.32 Å². The second-order valence-corrected chi connectivity index (χ2v) is 8.12. The van der Waals surface area contributed by atoms with E-state index in [0.717, 1.165) is 36.6 Å². The zero-order valence-electron chi connectivity index (χ0n) is 17.0. The van der Waals surface area contributed by atoms with E-state index in [0.29, 0.717) is 5.71 Å². The van der Waals surface area contributed by atoms with E-state index in [4.69, 9.17) is 5.41 Å². The lowest BCUT2D eigenvalue weighted by Crippen LogP contribution is -2.14. The van der Waals surface area contributed by atoms with Gasteiger partial charge in [0.05, 0.1) is 0 Å². The first-order valence-electron chi connectivity index (χ1n) is 10.2. The topological polar surface area (TPSA) is 35.9 Å². The van der Waals surface area contributed by atoms with Gasteiger partial charge in [0.15, 0.2) is 0 Å². The first-order chi connectivity index (χ1) is 12.4. The summed E-state index contributed by atoms with van der Waals surface area (Å²) in [6.07, 6.45) is 11.8. The number of benzene rings is 1. The van der Waals surface area contributed by atoms with Crippen molar-refractivity contribution in [2.75, 3.05) is 0 Å². The van der Waals surface area contributed by atoms with E-state index in [9.17, 15) is 0 Å². The minimum absolute atomic E-state index is 0.670. The Kier molecular flexibility index (Phi) is 8.15. The maximum atomic E-state index is 8.08. The fourth-order valence-electron chi connectivity index (χ4n) is 3.79. The number of hydrogen-bond donors (Lipinski definition) is 2. The maximum Gasteiger partial charge on any atom is 0.0400 e. The standard InChI is InChI=1S/C24H36N2/c1-18(2)9-14-24(25)16-20(4)26-17-23-15-19(3)10-12-22(23)13-11-21-7-5-6-8-21/h10,12,15-16,21,25-26H,1,5-9,11,13-14,17H2,2-4H3/b20-16-,25-24?. The lowest BCUT2D eigenvalue weighted by molar-refractivity contribution is 0.502. The molecule has 26 heavy (non-hydrogen) atoms. The first kappa shape index (κ1) is 20.5. The summed E-state index contributed by atoms with van der Waals surface area (Å²) < 4.78 is 0. The number of allylic oxidation sites excluding steroid dienone is 3. The van der Waals surface area contributed by atoms with Crippen LogP contribution in [0, 0.1) is 18.3 Å². The third kappa shape index (κ3) is 7.19. The van der Waals surface area contributed by atoms with Gasteiger partial charge in [0.1, 0.15) is 0 Å². The molecule has 1 fully saturated rings. The van der Waals surface area contributed by atoms with Gasteiger partial charge in [-0.3, -0.25) is 0 Å². The van der Waals surface area contributed by atoms with Crippen molar-refractivity contribution in [2.24, 2.45) is 5.92 Å². The average molecular weight is 353 g/mol. The summed E-state index contributed by atoms with van der Waals surface area (Å²) in [5, 5.41) is 11.6. The van der Waals surface area contributed by atoms with Gasteiger partial charge >= 0.3 is 0 Å². The highest BCUT2D eigenvalue weighted by Gasteiger charge is 2.15. The Morgan fingerprint density at radius 1 is 1.19 bits per heavy atom. The van der Waals surface area contributed by atoms with Gasteiger partial charge in [-0.05, 0) is 69.6 Å². The molecular formula is C24H36N2. The highest BCUT2D eigenvalue weighted by Crippen LogP contribution is 2.29. The predicted octanol–water partition coefficient (Wildman–Crippen LogP) is 6.49. The normalized spacial score (nSPS) is 15.3. The fourth-order valence-corrected chi connectivity index (χ4v) is 3.79. The summed E-state index contributed by atoms with van der Waals surface area (Å²) in [5.41, 5.74) is 7.09. The van der Waals surface area contributed by atoms with Crippen LogP contribution in [-0.4, -0.2) is 5.71 Å². The number of nitrogens with one attached hydrogen (secondary N) is 2. The third-order valence-corrected chi connectivity index (χ3v) is 5.43. The van der Waals surface area contributed by atoms with Crippen LogP contribution in [-0.2, 0) is 13.0 Å². The number of rotatable bonds is 10. The van der Waals surface area contributed by atoms with Gasteiger partial charge in [0.25, 0.3) is 0 Å². The summed E-state index contributed by atoms with van der Waals surface area (Å²) in [6, 6.07) is 6.87. The molecule has 2 N–H and O–H groups in total. The molecule has 0 amide bonds. The Labute approximate surface area is 160 Å². The van der Waals surface area contributed by atoms with E-state index in [1.54, 1.807) is 0 Å². The Morgan fingerprint density at radius 2 is 1.92 bits per heavy atom. The van der Waals surface area contributed by atoms with Gasteiger partial charge < -0.3 is 10.7 Å². The highest BCUT2D eigenvalue weighted by molar-refractivity contribution is 5.92. The van der Waals surface area contributed by atoms with Gasteiger partial charge in [-0.15, -0.1) is 6.58 Å². The van der Waals surface area contributed by atoms with Crippen LogP contribution in [0.5, 0.6) is 0 Å². The van der Waals surface area contributed by atoms with Gasteiger partial charge in [-0.25, -0.2) is 0 Å². The van der Waals surface area contributed by atoms with Crippen molar-refractivity contribution in [3.8, 4) is 0 Å². The van der Waals surface area contributed by atoms with Crippen LogP contribution >= 0.6 is 0 Å². The van der Waals surface area contributed by atoms with E-state index in [-0.39, 0.29) is 0 Å². The largest absolute Gasteiger partial charge is 0.384 e. The Balaban J connectivity index is 1.91.